The summed E-state index contributed by atoms with van der Waals surface area (Å²) in [5.41, 5.74) is 2.52. The van der Waals surface area contributed by atoms with Gasteiger partial charge in [0.05, 0.1) is 7.11 Å². The van der Waals surface area contributed by atoms with E-state index in [9.17, 15) is 0 Å². The minimum atomic E-state index is 0.397. The summed E-state index contributed by atoms with van der Waals surface area (Å²) in [4.78, 5) is 0. The Labute approximate surface area is 145 Å². The van der Waals surface area contributed by atoms with Gasteiger partial charge in [0, 0.05) is 14.3 Å². The van der Waals surface area contributed by atoms with Crippen molar-refractivity contribution in [2.45, 2.75) is 12.3 Å². The monoisotopic (exact) mass is 460 g/mol. The zero-order valence-corrected chi connectivity index (χ0v) is 15.8. The Bertz CT molecular complexity index is 584. The van der Waals surface area contributed by atoms with Crippen LogP contribution in [0.5, 0.6) is 5.75 Å². The normalized spacial score (nSPS) is 12.2. The highest BCUT2D eigenvalue weighted by atomic mass is 79.9. The second kappa shape index (κ2) is 7.62. The van der Waals surface area contributed by atoms with Gasteiger partial charge in [-0.15, -0.1) is 0 Å². The lowest BCUT2D eigenvalue weighted by atomic mass is 9.93. The molecule has 106 valence electrons. The predicted molar refractivity (Wildman–Crippen MR) is 95.1 cm³/mol. The van der Waals surface area contributed by atoms with Crippen LogP contribution in [0.4, 0.5) is 0 Å². The van der Waals surface area contributed by atoms with Crippen molar-refractivity contribution >= 4 is 47.8 Å². The van der Waals surface area contributed by atoms with Crippen LogP contribution in [0.15, 0.2) is 51.4 Å². The average Bonchev–Trinajstić information content (AvgIpc) is 2.46. The number of methoxy groups -OCH3 is 1. The lowest BCUT2D eigenvalue weighted by molar-refractivity contribution is 0.408. The van der Waals surface area contributed by atoms with E-state index in [-0.39, 0.29) is 0 Å². The first kappa shape index (κ1) is 16.1. The fourth-order valence-corrected chi connectivity index (χ4v) is 3.82. The third-order valence-electron chi connectivity index (χ3n) is 3.24. The molecule has 0 heterocycles. The Kier molecular flexibility index (Phi) is 6.12. The second-order valence-electron chi connectivity index (χ2n) is 4.53. The molecule has 0 aromatic heterocycles. The number of halogens is 3. The molecule has 20 heavy (non-hydrogen) atoms. The minimum Gasteiger partial charge on any atom is -0.496 e. The summed E-state index contributed by atoms with van der Waals surface area (Å²) >= 11 is 10.8. The molecular formula is C16H15Br3O. The van der Waals surface area contributed by atoms with E-state index in [1.165, 1.54) is 11.1 Å². The SMILES string of the molecule is COc1ccc(Br)cc1CC(CBr)c1ccccc1Br. The van der Waals surface area contributed by atoms with Crippen molar-refractivity contribution in [3.63, 3.8) is 0 Å². The van der Waals surface area contributed by atoms with E-state index in [0.29, 0.717) is 5.92 Å². The van der Waals surface area contributed by atoms with E-state index in [2.05, 4.69) is 72.1 Å². The zero-order valence-electron chi connectivity index (χ0n) is 11.1. The number of hydrogen-bond acceptors (Lipinski definition) is 1. The van der Waals surface area contributed by atoms with Crippen molar-refractivity contribution in [2.24, 2.45) is 0 Å². The molecule has 2 rings (SSSR count). The summed E-state index contributed by atoms with van der Waals surface area (Å²) in [5.74, 6) is 1.33. The summed E-state index contributed by atoms with van der Waals surface area (Å²) in [6, 6.07) is 14.5. The van der Waals surface area contributed by atoms with Crippen LogP contribution in [0.25, 0.3) is 0 Å². The van der Waals surface area contributed by atoms with E-state index < -0.39 is 0 Å². The highest BCUT2D eigenvalue weighted by molar-refractivity contribution is 9.11. The van der Waals surface area contributed by atoms with Gasteiger partial charge in [-0.1, -0.05) is 66.0 Å². The molecule has 0 aliphatic carbocycles. The maximum Gasteiger partial charge on any atom is 0.122 e. The molecule has 0 aliphatic heterocycles. The smallest absolute Gasteiger partial charge is 0.122 e. The minimum absolute atomic E-state index is 0.397. The lowest BCUT2D eigenvalue weighted by Gasteiger charge is -2.18. The molecule has 2 aromatic carbocycles. The Balaban J connectivity index is 2.31. The molecule has 0 spiro atoms. The van der Waals surface area contributed by atoms with Gasteiger partial charge in [0.15, 0.2) is 0 Å². The van der Waals surface area contributed by atoms with Gasteiger partial charge in [-0.25, -0.2) is 0 Å². The Morgan fingerprint density at radius 2 is 1.85 bits per heavy atom. The van der Waals surface area contributed by atoms with Crippen LogP contribution in [0.2, 0.25) is 0 Å². The number of ether oxygens (including phenoxy) is 1. The first-order valence-corrected chi connectivity index (χ1v) is 8.99. The Morgan fingerprint density at radius 1 is 1.10 bits per heavy atom. The number of alkyl halides is 1. The largest absolute Gasteiger partial charge is 0.496 e. The zero-order chi connectivity index (χ0) is 14.5. The summed E-state index contributed by atoms with van der Waals surface area (Å²) < 4.78 is 7.69. The molecule has 0 amide bonds. The van der Waals surface area contributed by atoms with E-state index in [1.54, 1.807) is 7.11 Å². The fraction of sp³-hybridized carbons (Fsp3) is 0.250. The van der Waals surface area contributed by atoms with Crippen LogP contribution in [-0.2, 0) is 6.42 Å². The molecule has 1 atom stereocenters. The van der Waals surface area contributed by atoms with E-state index in [0.717, 1.165) is 26.4 Å². The summed E-state index contributed by atoms with van der Waals surface area (Å²) in [6.45, 7) is 0. The predicted octanol–water partition coefficient (Wildman–Crippen LogP) is 5.94. The average molecular weight is 463 g/mol. The molecule has 4 heteroatoms. The van der Waals surface area contributed by atoms with Crippen LogP contribution in [-0.4, -0.2) is 12.4 Å². The number of hydrogen-bond donors (Lipinski definition) is 0. The third-order valence-corrected chi connectivity index (χ3v) is 5.24. The number of rotatable bonds is 5. The van der Waals surface area contributed by atoms with Crippen molar-refractivity contribution in [1.29, 1.82) is 0 Å². The van der Waals surface area contributed by atoms with Crippen LogP contribution in [0.3, 0.4) is 0 Å². The molecule has 1 nitrogen and oxygen atoms in total. The molecule has 0 fully saturated rings. The summed E-state index contributed by atoms with van der Waals surface area (Å²) in [6.07, 6.45) is 0.927. The molecule has 0 bridgehead atoms. The van der Waals surface area contributed by atoms with E-state index >= 15 is 0 Å². The van der Waals surface area contributed by atoms with Gasteiger partial charge < -0.3 is 4.74 Å². The molecule has 0 radical (unpaired) electrons. The van der Waals surface area contributed by atoms with Crippen LogP contribution < -0.4 is 4.74 Å². The fourth-order valence-electron chi connectivity index (χ4n) is 2.23. The number of benzene rings is 2. The van der Waals surface area contributed by atoms with Gasteiger partial charge in [0.25, 0.3) is 0 Å². The topological polar surface area (TPSA) is 9.23 Å². The molecule has 0 saturated heterocycles. The summed E-state index contributed by atoms with van der Waals surface area (Å²) in [5, 5.41) is 0.908. The maximum absolute atomic E-state index is 5.46. The van der Waals surface area contributed by atoms with Crippen molar-refractivity contribution < 1.29 is 4.74 Å². The van der Waals surface area contributed by atoms with E-state index in [4.69, 9.17) is 4.74 Å². The Morgan fingerprint density at radius 3 is 2.50 bits per heavy atom. The van der Waals surface area contributed by atoms with Crippen molar-refractivity contribution in [3.8, 4) is 5.75 Å². The van der Waals surface area contributed by atoms with Crippen LogP contribution in [0.1, 0.15) is 17.0 Å². The third kappa shape index (κ3) is 3.86. The molecule has 0 N–H and O–H groups in total. The van der Waals surface area contributed by atoms with Crippen LogP contribution in [0, 0.1) is 0 Å². The molecule has 1 unspecified atom stereocenters. The lowest BCUT2D eigenvalue weighted by Crippen LogP contribution is -2.06. The van der Waals surface area contributed by atoms with Gasteiger partial charge in [-0.05, 0) is 47.7 Å². The highest BCUT2D eigenvalue weighted by Gasteiger charge is 2.16. The standard InChI is InChI=1S/C16H15Br3O/c1-20-16-7-6-13(18)9-11(16)8-12(10-17)14-4-2-3-5-15(14)19/h2-7,9,12H,8,10H2,1H3. The quantitative estimate of drug-likeness (QED) is 0.499. The first-order valence-electron chi connectivity index (χ1n) is 6.28. The van der Waals surface area contributed by atoms with Gasteiger partial charge >= 0.3 is 0 Å². The van der Waals surface area contributed by atoms with Gasteiger partial charge in [-0.3, -0.25) is 0 Å². The van der Waals surface area contributed by atoms with Crippen molar-refractivity contribution in [3.05, 3.63) is 62.5 Å². The second-order valence-corrected chi connectivity index (χ2v) is 6.95. The van der Waals surface area contributed by atoms with Gasteiger partial charge in [0.2, 0.25) is 0 Å². The van der Waals surface area contributed by atoms with Gasteiger partial charge in [0.1, 0.15) is 5.75 Å². The summed E-state index contributed by atoms with van der Waals surface area (Å²) in [7, 11) is 1.72. The van der Waals surface area contributed by atoms with Crippen LogP contribution >= 0.6 is 47.8 Å². The van der Waals surface area contributed by atoms with Crippen molar-refractivity contribution in [2.75, 3.05) is 12.4 Å². The molecular weight excluding hydrogens is 448 g/mol. The Hall–Kier alpha value is -0.320. The van der Waals surface area contributed by atoms with E-state index in [1.807, 2.05) is 18.2 Å². The molecule has 0 aliphatic rings. The van der Waals surface area contributed by atoms with Crippen molar-refractivity contribution in [1.82, 2.24) is 0 Å². The molecule has 0 saturated carbocycles. The maximum atomic E-state index is 5.46. The van der Waals surface area contributed by atoms with Gasteiger partial charge in [-0.2, -0.15) is 0 Å². The first-order chi connectivity index (χ1) is 9.65. The molecule has 2 aromatic rings. The highest BCUT2D eigenvalue weighted by Crippen LogP contribution is 2.33.